The van der Waals surface area contributed by atoms with Crippen LogP contribution in [0.4, 0.5) is 11.5 Å². The number of hydrogen-bond acceptors (Lipinski definition) is 6. The third-order valence-corrected chi connectivity index (χ3v) is 5.07. The highest BCUT2D eigenvalue weighted by molar-refractivity contribution is 6.10. The van der Waals surface area contributed by atoms with Crippen molar-refractivity contribution in [2.75, 3.05) is 23.8 Å². The number of rotatable bonds is 4. The number of anilines is 2. The van der Waals surface area contributed by atoms with Gasteiger partial charge in [0.1, 0.15) is 24.3 Å². The van der Waals surface area contributed by atoms with E-state index in [1.807, 2.05) is 39.8 Å². The Morgan fingerprint density at radius 3 is 2.77 bits per heavy atom. The van der Waals surface area contributed by atoms with Gasteiger partial charge in [-0.05, 0) is 50.5 Å². The van der Waals surface area contributed by atoms with E-state index in [4.69, 9.17) is 15.6 Å². The van der Waals surface area contributed by atoms with Gasteiger partial charge in [-0.1, -0.05) is 18.8 Å². The monoisotopic (exact) mass is 422 g/mol. The first-order valence-electron chi connectivity index (χ1n) is 10.1. The minimum Gasteiger partial charge on any atom is -0.481 e. The van der Waals surface area contributed by atoms with E-state index in [9.17, 15) is 9.59 Å². The summed E-state index contributed by atoms with van der Waals surface area (Å²) in [6, 6.07) is 3.83. The molecule has 0 unspecified atom stereocenters. The minimum absolute atomic E-state index is 0.0379. The molecule has 1 amide bonds. The highest BCUT2D eigenvalue weighted by atomic mass is 16.5. The van der Waals surface area contributed by atoms with Crippen molar-refractivity contribution < 1.29 is 19.4 Å². The molecule has 0 spiro atoms. The third kappa shape index (κ3) is 4.77. The summed E-state index contributed by atoms with van der Waals surface area (Å²) >= 11 is 0. The average molecular weight is 422 g/mol. The van der Waals surface area contributed by atoms with Crippen LogP contribution in [0.1, 0.15) is 54.2 Å². The van der Waals surface area contributed by atoms with Crippen molar-refractivity contribution >= 4 is 23.4 Å². The predicted octanol–water partition coefficient (Wildman–Crippen LogP) is 2.82. The lowest BCUT2D eigenvalue weighted by Gasteiger charge is -2.22. The number of nitrogens with two attached hydrogens (primary N) is 1. The van der Waals surface area contributed by atoms with Crippen LogP contribution >= 0.6 is 0 Å². The van der Waals surface area contributed by atoms with Gasteiger partial charge >= 0.3 is 5.97 Å². The topological polar surface area (TPSA) is 119 Å². The van der Waals surface area contributed by atoms with Gasteiger partial charge in [-0.3, -0.25) is 9.59 Å². The predicted molar refractivity (Wildman–Crippen MR) is 117 cm³/mol. The summed E-state index contributed by atoms with van der Waals surface area (Å²) in [5, 5.41) is 9.09. The van der Waals surface area contributed by atoms with Crippen molar-refractivity contribution in [1.82, 2.24) is 9.97 Å². The van der Waals surface area contributed by atoms with Crippen molar-refractivity contribution in [2.45, 2.75) is 40.5 Å². The Bertz CT molecular complexity index is 1100. The molecule has 3 rings (SSSR count). The fraction of sp³-hybridized carbons (Fsp3) is 0.391. The normalized spacial score (nSPS) is 13.5. The van der Waals surface area contributed by atoms with Gasteiger partial charge in [-0.15, -0.1) is 0 Å². The Hall–Kier alpha value is -3.60. The van der Waals surface area contributed by atoms with Crippen LogP contribution in [0.15, 0.2) is 18.5 Å². The summed E-state index contributed by atoms with van der Waals surface area (Å²) in [5.41, 5.74) is 8.89. The first-order chi connectivity index (χ1) is 14.6. The van der Waals surface area contributed by atoms with Crippen molar-refractivity contribution in [3.05, 3.63) is 40.7 Å². The summed E-state index contributed by atoms with van der Waals surface area (Å²) in [7, 11) is 0. The number of carbonyl (C=O) groups is 2. The molecule has 0 saturated carbocycles. The number of nitrogens with zero attached hydrogens (tertiary/aromatic N) is 3. The summed E-state index contributed by atoms with van der Waals surface area (Å²) in [6.45, 7) is 8.18. The number of aryl methyl sites for hydroxylation is 2. The molecule has 31 heavy (non-hydrogen) atoms. The number of fused-ring (bicyclic) bond motifs is 1. The number of aromatic nitrogens is 2. The fourth-order valence-corrected chi connectivity index (χ4v) is 3.52. The molecule has 0 aliphatic carbocycles. The Labute approximate surface area is 181 Å². The molecular formula is C23H26N4O4. The SMILES string of the molecule is CCc1cc(N2CCOc3ncnc(N)c3C2=O)cc(C)c1C#CC(C)(C)CC(=O)O. The summed E-state index contributed by atoms with van der Waals surface area (Å²) in [6.07, 6.45) is 1.94. The number of carboxylic acids is 1. The number of nitrogen functional groups attached to an aromatic ring is 1. The third-order valence-electron chi connectivity index (χ3n) is 5.07. The van der Waals surface area contributed by atoms with Gasteiger partial charge in [0.15, 0.2) is 0 Å². The van der Waals surface area contributed by atoms with Gasteiger partial charge in [0.2, 0.25) is 5.88 Å². The van der Waals surface area contributed by atoms with E-state index in [-0.39, 0.29) is 36.2 Å². The standard InChI is InChI=1S/C23H26N4O4/c1-5-15-11-16(10-14(2)17(15)6-7-23(3,4)12-18(28)29)27-8-9-31-21-19(22(27)30)20(24)25-13-26-21/h10-11,13H,5,8-9,12H2,1-4H3,(H,28,29)(H2,24,25,26). The molecule has 162 valence electrons. The Kier molecular flexibility index (Phi) is 6.16. The van der Waals surface area contributed by atoms with Crippen LogP contribution in [-0.2, 0) is 11.2 Å². The summed E-state index contributed by atoms with van der Waals surface area (Å²) in [5.74, 6) is 5.35. The van der Waals surface area contributed by atoms with Gasteiger partial charge in [0.25, 0.3) is 5.91 Å². The molecule has 8 heteroatoms. The molecule has 1 aromatic carbocycles. The van der Waals surface area contributed by atoms with Crippen LogP contribution in [0.5, 0.6) is 5.88 Å². The number of carboxylic acid groups (broad SMARTS) is 1. The van der Waals surface area contributed by atoms with Crippen molar-refractivity contribution in [3.8, 4) is 17.7 Å². The van der Waals surface area contributed by atoms with E-state index in [0.29, 0.717) is 13.0 Å². The maximum Gasteiger partial charge on any atom is 0.304 e. The highest BCUT2D eigenvalue weighted by Crippen LogP contribution is 2.30. The second-order valence-corrected chi connectivity index (χ2v) is 8.10. The number of benzene rings is 1. The Morgan fingerprint density at radius 1 is 1.35 bits per heavy atom. The molecule has 0 bridgehead atoms. The second kappa shape index (κ2) is 8.64. The smallest absolute Gasteiger partial charge is 0.304 e. The molecule has 2 heterocycles. The minimum atomic E-state index is -0.882. The van der Waals surface area contributed by atoms with Gasteiger partial charge in [0.05, 0.1) is 13.0 Å². The van der Waals surface area contributed by atoms with Gasteiger partial charge in [-0.25, -0.2) is 9.97 Å². The van der Waals surface area contributed by atoms with E-state index >= 15 is 0 Å². The van der Waals surface area contributed by atoms with E-state index in [0.717, 1.165) is 22.4 Å². The van der Waals surface area contributed by atoms with Crippen molar-refractivity contribution in [3.63, 3.8) is 0 Å². The zero-order valence-corrected chi connectivity index (χ0v) is 18.2. The lowest BCUT2D eigenvalue weighted by atomic mass is 9.89. The highest BCUT2D eigenvalue weighted by Gasteiger charge is 2.29. The molecule has 1 aliphatic heterocycles. The molecule has 0 fully saturated rings. The van der Waals surface area contributed by atoms with Crippen molar-refractivity contribution in [2.24, 2.45) is 5.41 Å². The van der Waals surface area contributed by atoms with E-state index < -0.39 is 11.4 Å². The zero-order valence-electron chi connectivity index (χ0n) is 18.2. The van der Waals surface area contributed by atoms with E-state index in [2.05, 4.69) is 21.8 Å². The number of aliphatic carboxylic acids is 1. The van der Waals surface area contributed by atoms with Crippen LogP contribution in [0.25, 0.3) is 0 Å². The molecule has 1 aromatic heterocycles. The summed E-state index contributed by atoms with van der Waals surface area (Å²) in [4.78, 5) is 33.9. The van der Waals surface area contributed by atoms with Crippen LogP contribution in [0, 0.1) is 24.2 Å². The van der Waals surface area contributed by atoms with Gasteiger partial charge < -0.3 is 20.5 Å². The number of amides is 1. The Balaban J connectivity index is 2.01. The Morgan fingerprint density at radius 2 is 2.10 bits per heavy atom. The lowest BCUT2D eigenvalue weighted by Crippen LogP contribution is -2.33. The molecule has 0 saturated heterocycles. The second-order valence-electron chi connectivity index (χ2n) is 8.10. The van der Waals surface area contributed by atoms with Crippen LogP contribution < -0.4 is 15.4 Å². The number of hydrogen-bond donors (Lipinski definition) is 2. The van der Waals surface area contributed by atoms with Crippen LogP contribution in [-0.4, -0.2) is 40.1 Å². The maximum atomic E-state index is 13.2. The average Bonchev–Trinajstić information content (AvgIpc) is 2.85. The molecule has 1 aliphatic rings. The van der Waals surface area contributed by atoms with Crippen molar-refractivity contribution in [1.29, 1.82) is 0 Å². The molecule has 3 N–H and O–H groups in total. The first kappa shape index (κ1) is 22.1. The lowest BCUT2D eigenvalue weighted by molar-refractivity contribution is -0.138. The molecule has 8 nitrogen and oxygen atoms in total. The molecule has 0 radical (unpaired) electrons. The molecule has 0 atom stereocenters. The number of carbonyl (C=O) groups excluding carboxylic acids is 1. The summed E-state index contributed by atoms with van der Waals surface area (Å²) < 4.78 is 5.61. The van der Waals surface area contributed by atoms with Gasteiger partial charge in [0, 0.05) is 16.7 Å². The maximum absolute atomic E-state index is 13.2. The van der Waals surface area contributed by atoms with Crippen LogP contribution in [0.3, 0.4) is 0 Å². The van der Waals surface area contributed by atoms with Crippen LogP contribution in [0.2, 0.25) is 0 Å². The van der Waals surface area contributed by atoms with E-state index in [1.165, 1.54) is 6.33 Å². The molecular weight excluding hydrogens is 396 g/mol. The van der Waals surface area contributed by atoms with E-state index in [1.54, 1.807) is 4.90 Å². The molecule has 2 aromatic rings. The first-order valence-corrected chi connectivity index (χ1v) is 10.1. The quantitative estimate of drug-likeness (QED) is 0.727. The fourth-order valence-electron chi connectivity index (χ4n) is 3.52. The largest absolute Gasteiger partial charge is 0.481 e. The van der Waals surface area contributed by atoms with Gasteiger partial charge in [-0.2, -0.15) is 0 Å². The zero-order chi connectivity index (χ0) is 22.8. The number of ether oxygens (including phenoxy) is 1.